The van der Waals surface area contributed by atoms with Crippen molar-refractivity contribution in [3.8, 4) is 23.0 Å². The van der Waals surface area contributed by atoms with Crippen molar-refractivity contribution >= 4 is 38.4 Å². The first kappa shape index (κ1) is 25.3. The maximum atomic E-state index is 12.1. The first-order valence-corrected chi connectivity index (χ1v) is 12.1. The first-order chi connectivity index (χ1) is 16.9. The molecule has 1 aromatic heterocycles. The highest BCUT2D eigenvalue weighted by molar-refractivity contribution is 9.10. The molecule has 5 N–H and O–H groups in total. The van der Waals surface area contributed by atoms with E-state index in [4.69, 9.17) is 0 Å². The molecule has 186 valence electrons. The number of carbonyl (C=O) groups is 2. The fourth-order valence-electron chi connectivity index (χ4n) is 4.59. The molecule has 3 aromatic carbocycles. The van der Waals surface area contributed by atoms with E-state index >= 15 is 0 Å². The standard InChI is InChI=1S/C28H26BrNO6/c1-12-7-17(14(3)31)27(35)21(25(12)33)10-20-19-9-16(29)5-6-23(19)30-24(20)11-22-26(34)13(2)8-18(15(4)32)28(22)36/h5-9,30,33-36H,10-11H2,1-4H3. The molecule has 0 amide bonds. The number of phenolic OH excluding ortho intramolecular Hbond substituents is 4. The normalized spacial score (nSPS) is 11.2. The van der Waals surface area contributed by atoms with Crippen molar-refractivity contribution < 1.29 is 30.0 Å². The lowest BCUT2D eigenvalue weighted by atomic mass is 9.92. The van der Waals surface area contributed by atoms with Gasteiger partial charge in [0.1, 0.15) is 23.0 Å². The van der Waals surface area contributed by atoms with Crippen LogP contribution in [0.5, 0.6) is 23.0 Å². The minimum Gasteiger partial charge on any atom is -0.507 e. The summed E-state index contributed by atoms with van der Waals surface area (Å²) >= 11 is 3.48. The Labute approximate surface area is 216 Å². The third-order valence-corrected chi connectivity index (χ3v) is 7.04. The van der Waals surface area contributed by atoms with Gasteiger partial charge in [-0.1, -0.05) is 15.9 Å². The van der Waals surface area contributed by atoms with Crippen LogP contribution in [0.25, 0.3) is 10.9 Å². The number of phenols is 4. The molecular formula is C28H26BrNO6. The highest BCUT2D eigenvalue weighted by Crippen LogP contribution is 2.41. The van der Waals surface area contributed by atoms with Crippen molar-refractivity contribution in [3.05, 3.63) is 79.4 Å². The van der Waals surface area contributed by atoms with Crippen LogP contribution in [-0.4, -0.2) is 37.0 Å². The maximum Gasteiger partial charge on any atom is 0.163 e. The van der Waals surface area contributed by atoms with E-state index in [1.54, 1.807) is 13.8 Å². The quantitative estimate of drug-likeness (QED) is 0.188. The molecule has 0 spiro atoms. The number of aromatic nitrogens is 1. The van der Waals surface area contributed by atoms with E-state index in [1.165, 1.54) is 26.0 Å². The zero-order valence-corrected chi connectivity index (χ0v) is 21.9. The van der Waals surface area contributed by atoms with Crippen LogP contribution in [0.4, 0.5) is 0 Å². The number of H-pyrrole nitrogens is 1. The van der Waals surface area contributed by atoms with E-state index in [-0.39, 0.29) is 69.7 Å². The van der Waals surface area contributed by atoms with Gasteiger partial charge in [-0.2, -0.15) is 0 Å². The second kappa shape index (κ2) is 9.35. The van der Waals surface area contributed by atoms with E-state index in [0.29, 0.717) is 22.4 Å². The van der Waals surface area contributed by atoms with Crippen LogP contribution in [0.1, 0.15) is 68.1 Å². The molecule has 8 heteroatoms. The van der Waals surface area contributed by atoms with E-state index in [9.17, 15) is 30.0 Å². The van der Waals surface area contributed by atoms with Gasteiger partial charge in [0.15, 0.2) is 11.6 Å². The zero-order chi connectivity index (χ0) is 26.5. The molecular weight excluding hydrogens is 526 g/mol. The van der Waals surface area contributed by atoms with Gasteiger partial charge in [0.2, 0.25) is 0 Å². The topological polar surface area (TPSA) is 131 Å². The monoisotopic (exact) mass is 551 g/mol. The zero-order valence-electron chi connectivity index (χ0n) is 20.3. The number of benzene rings is 3. The summed E-state index contributed by atoms with van der Waals surface area (Å²) in [5.74, 6) is -1.48. The van der Waals surface area contributed by atoms with Crippen molar-refractivity contribution in [1.29, 1.82) is 0 Å². The Morgan fingerprint density at radius 3 is 1.75 bits per heavy atom. The lowest BCUT2D eigenvalue weighted by molar-refractivity contribution is 0.100. The third-order valence-electron chi connectivity index (χ3n) is 6.54. The molecule has 0 bridgehead atoms. The molecule has 0 radical (unpaired) electrons. The fourth-order valence-corrected chi connectivity index (χ4v) is 4.95. The number of hydrogen-bond donors (Lipinski definition) is 5. The summed E-state index contributed by atoms with van der Waals surface area (Å²) in [7, 11) is 0. The molecule has 0 saturated carbocycles. The largest absolute Gasteiger partial charge is 0.507 e. The Kier molecular flexibility index (Phi) is 6.58. The summed E-state index contributed by atoms with van der Waals surface area (Å²) in [6, 6.07) is 8.51. The molecule has 7 nitrogen and oxygen atoms in total. The van der Waals surface area contributed by atoms with Crippen molar-refractivity contribution in [2.75, 3.05) is 0 Å². The Morgan fingerprint density at radius 2 is 1.25 bits per heavy atom. The van der Waals surface area contributed by atoms with Gasteiger partial charge in [-0.15, -0.1) is 0 Å². The number of carbonyl (C=O) groups excluding carboxylic acids is 2. The predicted molar refractivity (Wildman–Crippen MR) is 141 cm³/mol. The van der Waals surface area contributed by atoms with Gasteiger partial charge in [-0.05, 0) is 74.7 Å². The second-order valence-corrected chi connectivity index (χ2v) is 9.99. The fraction of sp³-hybridized carbons (Fsp3) is 0.214. The minimum absolute atomic E-state index is 0.0498. The summed E-state index contributed by atoms with van der Waals surface area (Å²) in [5, 5.41) is 44.1. The smallest absolute Gasteiger partial charge is 0.163 e. The minimum atomic E-state index is -0.330. The Morgan fingerprint density at radius 1 is 0.750 bits per heavy atom. The third kappa shape index (κ3) is 4.33. The van der Waals surface area contributed by atoms with Gasteiger partial charge in [0.25, 0.3) is 0 Å². The van der Waals surface area contributed by atoms with Crippen molar-refractivity contribution in [2.45, 2.75) is 40.5 Å². The van der Waals surface area contributed by atoms with Gasteiger partial charge >= 0.3 is 0 Å². The summed E-state index contributed by atoms with van der Waals surface area (Å²) in [6.07, 6.45) is 0.118. The van der Waals surface area contributed by atoms with Crippen LogP contribution < -0.4 is 0 Å². The summed E-state index contributed by atoms with van der Waals surface area (Å²) < 4.78 is 0.809. The van der Waals surface area contributed by atoms with Crippen molar-refractivity contribution in [2.24, 2.45) is 0 Å². The molecule has 0 aliphatic rings. The Balaban J connectivity index is 1.95. The number of aromatic hydroxyl groups is 4. The van der Waals surface area contributed by atoms with Crippen molar-refractivity contribution in [3.63, 3.8) is 0 Å². The van der Waals surface area contributed by atoms with Gasteiger partial charge in [0, 0.05) is 45.0 Å². The Hall–Kier alpha value is -3.78. The van der Waals surface area contributed by atoms with E-state index in [0.717, 1.165) is 15.4 Å². The lowest BCUT2D eigenvalue weighted by Gasteiger charge is -2.15. The number of nitrogens with one attached hydrogen (secondary N) is 1. The van der Waals surface area contributed by atoms with Gasteiger partial charge in [-0.25, -0.2) is 0 Å². The number of fused-ring (bicyclic) bond motifs is 1. The molecule has 0 aliphatic heterocycles. The number of rotatable bonds is 6. The number of aromatic amines is 1. The average Bonchev–Trinajstić information content (AvgIpc) is 3.14. The molecule has 4 aromatic rings. The van der Waals surface area contributed by atoms with E-state index in [1.807, 2.05) is 18.2 Å². The molecule has 0 unspecified atom stereocenters. The molecule has 0 aliphatic carbocycles. The highest BCUT2D eigenvalue weighted by Gasteiger charge is 2.24. The van der Waals surface area contributed by atoms with E-state index in [2.05, 4.69) is 20.9 Å². The molecule has 0 fully saturated rings. The van der Waals surface area contributed by atoms with Crippen LogP contribution >= 0.6 is 15.9 Å². The Bertz CT molecular complexity index is 1570. The number of Topliss-reactive ketones (excluding diaryl/α,β-unsaturated/α-hetero) is 2. The number of halogens is 1. The second-order valence-electron chi connectivity index (χ2n) is 9.07. The van der Waals surface area contributed by atoms with Crippen LogP contribution in [-0.2, 0) is 12.8 Å². The van der Waals surface area contributed by atoms with Crippen LogP contribution in [0, 0.1) is 13.8 Å². The lowest BCUT2D eigenvalue weighted by Crippen LogP contribution is -2.03. The van der Waals surface area contributed by atoms with E-state index < -0.39 is 0 Å². The summed E-state index contributed by atoms with van der Waals surface area (Å²) in [6.45, 7) is 6.00. The summed E-state index contributed by atoms with van der Waals surface area (Å²) in [4.78, 5) is 27.5. The highest BCUT2D eigenvalue weighted by atomic mass is 79.9. The van der Waals surface area contributed by atoms with Crippen LogP contribution in [0.15, 0.2) is 34.8 Å². The predicted octanol–water partition coefficient (Wildman–Crippen LogP) is 5.96. The molecule has 0 atom stereocenters. The number of ketones is 2. The average molecular weight is 552 g/mol. The maximum absolute atomic E-state index is 12.1. The molecule has 1 heterocycles. The van der Waals surface area contributed by atoms with Crippen molar-refractivity contribution in [1.82, 2.24) is 4.98 Å². The number of aryl methyl sites for hydroxylation is 2. The van der Waals surface area contributed by atoms with Crippen LogP contribution in [0.3, 0.4) is 0 Å². The molecule has 36 heavy (non-hydrogen) atoms. The molecule has 0 saturated heterocycles. The van der Waals surface area contributed by atoms with Crippen LogP contribution in [0.2, 0.25) is 0 Å². The summed E-state index contributed by atoms with van der Waals surface area (Å²) in [5.41, 5.74) is 3.59. The first-order valence-electron chi connectivity index (χ1n) is 11.3. The molecule has 4 rings (SSSR count). The van der Waals surface area contributed by atoms with Gasteiger partial charge in [0.05, 0.1) is 11.1 Å². The van der Waals surface area contributed by atoms with Gasteiger partial charge < -0.3 is 25.4 Å². The van der Waals surface area contributed by atoms with Gasteiger partial charge in [-0.3, -0.25) is 9.59 Å². The number of hydrogen-bond acceptors (Lipinski definition) is 6. The SMILES string of the molecule is CC(=O)c1cc(C)c(O)c(Cc2[nH]c3ccc(Br)cc3c2Cc2c(O)c(C)cc(C(C)=O)c2O)c1O.